The Bertz CT molecular complexity index is 312. The summed E-state index contributed by atoms with van der Waals surface area (Å²) in [5, 5.41) is -0.0418. The zero-order valence-corrected chi connectivity index (χ0v) is 8.98. The van der Waals surface area contributed by atoms with Crippen LogP contribution in [0.2, 0.25) is 0 Å². The molecule has 0 bridgehead atoms. The van der Waals surface area contributed by atoms with Crippen molar-refractivity contribution in [1.29, 1.82) is 0 Å². The van der Waals surface area contributed by atoms with Crippen LogP contribution in [0.15, 0.2) is 18.2 Å². The Kier molecular flexibility index (Phi) is 3.87. The lowest BCUT2D eigenvalue weighted by Gasteiger charge is -2.16. The number of benzene rings is 1. The van der Waals surface area contributed by atoms with Crippen molar-refractivity contribution < 1.29 is 8.78 Å². The van der Waals surface area contributed by atoms with Crippen LogP contribution >= 0.6 is 11.6 Å². The first-order valence-corrected chi connectivity index (χ1v) is 5.09. The normalized spacial score (nSPS) is 15.2. The molecule has 0 saturated heterocycles. The Morgan fingerprint density at radius 2 is 1.93 bits per heavy atom. The lowest BCUT2D eigenvalue weighted by atomic mass is 9.96. The number of halogens is 3. The van der Waals surface area contributed by atoms with Gasteiger partial charge in [-0.2, -0.15) is 0 Å². The minimum absolute atomic E-state index is 0.0387. The third-order valence-corrected chi connectivity index (χ3v) is 3.09. The van der Waals surface area contributed by atoms with Gasteiger partial charge < -0.3 is 0 Å². The molecule has 0 aliphatic rings. The molecule has 1 aromatic rings. The monoisotopic (exact) mass is 218 g/mol. The van der Waals surface area contributed by atoms with Crippen LogP contribution < -0.4 is 0 Å². The van der Waals surface area contributed by atoms with E-state index in [1.807, 2.05) is 13.8 Å². The number of rotatable bonds is 3. The minimum atomic E-state index is -0.816. The molecular weight excluding hydrogens is 206 g/mol. The van der Waals surface area contributed by atoms with Crippen LogP contribution in [0, 0.1) is 11.6 Å². The van der Waals surface area contributed by atoms with Gasteiger partial charge in [-0.1, -0.05) is 19.9 Å². The second-order valence-electron chi connectivity index (χ2n) is 3.39. The smallest absolute Gasteiger partial charge is 0.159 e. The number of alkyl halides is 1. The molecule has 3 heteroatoms. The highest BCUT2D eigenvalue weighted by molar-refractivity contribution is 6.21. The summed E-state index contributed by atoms with van der Waals surface area (Å²) in [6.07, 6.45) is 0.807. The number of hydrogen-bond acceptors (Lipinski definition) is 0. The van der Waals surface area contributed by atoms with E-state index in [2.05, 4.69) is 0 Å². The highest BCUT2D eigenvalue weighted by Crippen LogP contribution is 2.26. The Morgan fingerprint density at radius 3 is 2.43 bits per heavy atom. The summed E-state index contributed by atoms with van der Waals surface area (Å²) in [5.74, 6) is -1.59. The third-order valence-electron chi connectivity index (χ3n) is 2.40. The molecule has 2 unspecified atom stereocenters. The lowest BCUT2D eigenvalue weighted by Crippen LogP contribution is -2.08. The first-order valence-electron chi connectivity index (χ1n) is 4.65. The average Bonchev–Trinajstić information content (AvgIpc) is 2.20. The van der Waals surface area contributed by atoms with Gasteiger partial charge in [0.1, 0.15) is 0 Å². The molecule has 0 aliphatic heterocycles. The molecule has 0 saturated carbocycles. The summed E-state index contributed by atoms with van der Waals surface area (Å²) in [7, 11) is 0. The van der Waals surface area contributed by atoms with Crippen molar-refractivity contribution in [2.24, 2.45) is 0 Å². The lowest BCUT2D eigenvalue weighted by molar-refractivity contribution is 0.505. The van der Waals surface area contributed by atoms with Gasteiger partial charge in [-0.05, 0) is 30.0 Å². The van der Waals surface area contributed by atoms with E-state index >= 15 is 0 Å². The van der Waals surface area contributed by atoms with Crippen LogP contribution in [0.5, 0.6) is 0 Å². The summed E-state index contributed by atoms with van der Waals surface area (Å²) >= 11 is 6.03. The van der Waals surface area contributed by atoms with E-state index in [-0.39, 0.29) is 11.3 Å². The predicted molar refractivity (Wildman–Crippen MR) is 54.7 cm³/mol. The van der Waals surface area contributed by atoms with Gasteiger partial charge in [0, 0.05) is 5.38 Å². The molecule has 1 rings (SSSR count). The molecule has 0 fully saturated rings. The summed E-state index contributed by atoms with van der Waals surface area (Å²) < 4.78 is 25.5. The third kappa shape index (κ3) is 2.44. The van der Waals surface area contributed by atoms with Gasteiger partial charge in [0.25, 0.3) is 0 Å². The van der Waals surface area contributed by atoms with Crippen molar-refractivity contribution in [3.8, 4) is 0 Å². The summed E-state index contributed by atoms with van der Waals surface area (Å²) in [5.41, 5.74) is 0.741. The highest BCUT2D eigenvalue weighted by atomic mass is 35.5. The van der Waals surface area contributed by atoms with E-state index in [9.17, 15) is 8.78 Å². The Balaban J connectivity index is 2.91. The first kappa shape index (κ1) is 11.4. The first-order chi connectivity index (χ1) is 6.56. The highest BCUT2D eigenvalue weighted by Gasteiger charge is 2.15. The molecule has 0 aromatic heterocycles. The summed E-state index contributed by atoms with van der Waals surface area (Å²) in [4.78, 5) is 0. The molecule has 0 aliphatic carbocycles. The van der Waals surface area contributed by atoms with Gasteiger partial charge in [-0.25, -0.2) is 8.78 Å². The molecule has 0 amide bonds. The maximum absolute atomic E-state index is 12.9. The Morgan fingerprint density at radius 1 is 1.29 bits per heavy atom. The van der Waals surface area contributed by atoms with E-state index in [1.54, 1.807) is 6.07 Å². The molecule has 0 radical (unpaired) electrons. The molecule has 0 spiro atoms. The zero-order valence-electron chi connectivity index (χ0n) is 8.23. The molecule has 0 heterocycles. The van der Waals surface area contributed by atoms with Crippen LogP contribution in [-0.4, -0.2) is 5.38 Å². The van der Waals surface area contributed by atoms with Crippen LogP contribution in [0.4, 0.5) is 8.78 Å². The molecule has 78 valence electrons. The average molecular weight is 219 g/mol. The fourth-order valence-corrected chi connectivity index (χ4v) is 1.50. The van der Waals surface area contributed by atoms with Crippen molar-refractivity contribution in [2.75, 3.05) is 0 Å². The largest absolute Gasteiger partial charge is 0.204 e. The van der Waals surface area contributed by atoms with E-state index in [0.29, 0.717) is 0 Å². The SMILES string of the molecule is CCC(Cl)C(C)c1ccc(F)c(F)c1. The summed E-state index contributed by atoms with van der Waals surface area (Å²) in [6, 6.07) is 3.93. The van der Waals surface area contributed by atoms with Crippen LogP contribution in [0.25, 0.3) is 0 Å². The zero-order chi connectivity index (χ0) is 10.7. The fraction of sp³-hybridized carbons (Fsp3) is 0.455. The molecule has 0 nitrogen and oxygen atoms in total. The maximum Gasteiger partial charge on any atom is 0.159 e. The van der Waals surface area contributed by atoms with Gasteiger partial charge in [0.15, 0.2) is 11.6 Å². The van der Waals surface area contributed by atoms with Crippen LogP contribution in [-0.2, 0) is 0 Å². The van der Waals surface area contributed by atoms with Crippen molar-refractivity contribution in [2.45, 2.75) is 31.6 Å². The standard InChI is InChI=1S/C11H13ClF2/c1-3-9(12)7(2)8-4-5-10(13)11(14)6-8/h4-7,9H,3H2,1-2H3. The second-order valence-corrected chi connectivity index (χ2v) is 3.95. The number of hydrogen-bond donors (Lipinski definition) is 0. The van der Waals surface area contributed by atoms with Crippen molar-refractivity contribution >= 4 is 11.6 Å². The van der Waals surface area contributed by atoms with Crippen LogP contribution in [0.3, 0.4) is 0 Å². The topological polar surface area (TPSA) is 0 Å². The Hall–Kier alpha value is -0.630. The second kappa shape index (κ2) is 4.74. The van der Waals surface area contributed by atoms with Gasteiger partial charge in [-0.3, -0.25) is 0 Å². The van der Waals surface area contributed by atoms with Gasteiger partial charge in [0.2, 0.25) is 0 Å². The van der Waals surface area contributed by atoms with Gasteiger partial charge in [0.05, 0.1) is 0 Å². The Labute approximate surface area is 87.9 Å². The quantitative estimate of drug-likeness (QED) is 0.671. The van der Waals surface area contributed by atoms with Crippen molar-refractivity contribution in [1.82, 2.24) is 0 Å². The van der Waals surface area contributed by atoms with E-state index < -0.39 is 11.6 Å². The molecule has 0 N–H and O–H groups in total. The van der Waals surface area contributed by atoms with E-state index in [4.69, 9.17) is 11.6 Å². The van der Waals surface area contributed by atoms with Gasteiger partial charge in [-0.15, -0.1) is 11.6 Å². The molecular formula is C11H13ClF2. The summed E-state index contributed by atoms with van der Waals surface area (Å²) in [6.45, 7) is 3.88. The van der Waals surface area contributed by atoms with E-state index in [1.165, 1.54) is 6.07 Å². The molecule has 1 aromatic carbocycles. The molecule has 2 atom stereocenters. The molecule has 14 heavy (non-hydrogen) atoms. The minimum Gasteiger partial charge on any atom is -0.204 e. The maximum atomic E-state index is 12.9. The van der Waals surface area contributed by atoms with Crippen molar-refractivity contribution in [3.05, 3.63) is 35.4 Å². The van der Waals surface area contributed by atoms with Crippen molar-refractivity contribution in [3.63, 3.8) is 0 Å². The fourth-order valence-electron chi connectivity index (χ4n) is 1.36. The predicted octanol–water partition coefficient (Wildman–Crippen LogP) is 4.09. The van der Waals surface area contributed by atoms with Crippen LogP contribution in [0.1, 0.15) is 31.7 Å². The van der Waals surface area contributed by atoms with Gasteiger partial charge >= 0.3 is 0 Å². The van der Waals surface area contributed by atoms with E-state index in [0.717, 1.165) is 18.1 Å².